The van der Waals surface area contributed by atoms with Crippen LogP contribution in [0.15, 0.2) is 24.3 Å². The maximum absolute atomic E-state index is 12.6. The Balaban J connectivity index is 1.90. The van der Waals surface area contributed by atoms with Gasteiger partial charge in [0.2, 0.25) is 0 Å². The van der Waals surface area contributed by atoms with Gasteiger partial charge in [0.1, 0.15) is 5.60 Å². The molecule has 1 fully saturated rings. The number of ether oxygens (including phenoxy) is 1. The topological polar surface area (TPSA) is 72.7 Å². The molecule has 0 aliphatic carbocycles. The zero-order valence-corrected chi connectivity index (χ0v) is 15.8. The van der Waals surface area contributed by atoms with Crippen LogP contribution in [0.2, 0.25) is 0 Å². The standard InChI is InChI=1S/C20H26N2O4/c1-13-8-9-14(12-18(13)22(24)25)15-10-16-6-5-7-17(11-15)21(16)19(23)26-20(2,3)4/h8-10,12,16-17H,5-7,11H2,1-4H3. The minimum atomic E-state index is -0.521. The number of nitro benzene ring substituents is 1. The van der Waals surface area contributed by atoms with Gasteiger partial charge in [-0.2, -0.15) is 0 Å². The molecule has 1 aromatic carbocycles. The Hall–Kier alpha value is -2.37. The van der Waals surface area contributed by atoms with Crippen molar-refractivity contribution in [1.82, 2.24) is 4.90 Å². The fourth-order valence-electron chi connectivity index (χ4n) is 3.85. The molecule has 0 saturated carbocycles. The highest BCUT2D eigenvalue weighted by Gasteiger charge is 2.39. The summed E-state index contributed by atoms with van der Waals surface area (Å²) in [6.07, 6.45) is 5.43. The Kier molecular flexibility index (Phi) is 4.78. The van der Waals surface area contributed by atoms with Crippen molar-refractivity contribution < 1.29 is 14.5 Å². The fourth-order valence-corrected chi connectivity index (χ4v) is 3.85. The minimum Gasteiger partial charge on any atom is -0.444 e. The summed E-state index contributed by atoms with van der Waals surface area (Å²) in [6, 6.07) is 5.47. The highest BCUT2D eigenvalue weighted by Crippen LogP contribution is 2.38. The molecular weight excluding hydrogens is 332 g/mol. The van der Waals surface area contributed by atoms with Gasteiger partial charge in [-0.3, -0.25) is 15.0 Å². The number of fused-ring (bicyclic) bond motifs is 2. The maximum Gasteiger partial charge on any atom is 0.411 e. The summed E-state index contributed by atoms with van der Waals surface area (Å²) in [5, 5.41) is 11.2. The zero-order chi connectivity index (χ0) is 19.1. The largest absolute Gasteiger partial charge is 0.444 e. The van der Waals surface area contributed by atoms with Gasteiger partial charge in [-0.05, 0) is 64.5 Å². The van der Waals surface area contributed by atoms with E-state index in [4.69, 9.17) is 4.74 Å². The third-order valence-corrected chi connectivity index (χ3v) is 5.02. The number of nitrogens with zero attached hydrogens (tertiary/aromatic N) is 2. The number of benzene rings is 1. The van der Waals surface area contributed by atoms with Crippen LogP contribution in [0.1, 0.15) is 57.6 Å². The molecule has 0 radical (unpaired) electrons. The number of aryl methyl sites for hydroxylation is 1. The summed E-state index contributed by atoms with van der Waals surface area (Å²) in [5.41, 5.74) is 2.24. The smallest absolute Gasteiger partial charge is 0.411 e. The Morgan fingerprint density at radius 1 is 1.31 bits per heavy atom. The van der Waals surface area contributed by atoms with Gasteiger partial charge in [0.25, 0.3) is 5.69 Å². The second-order valence-corrected chi connectivity index (χ2v) is 8.19. The van der Waals surface area contributed by atoms with E-state index in [1.165, 1.54) is 0 Å². The van der Waals surface area contributed by atoms with Crippen molar-refractivity contribution in [1.29, 1.82) is 0 Å². The summed E-state index contributed by atoms with van der Waals surface area (Å²) in [4.78, 5) is 25.4. The molecule has 0 N–H and O–H groups in total. The summed E-state index contributed by atoms with van der Waals surface area (Å²) in [7, 11) is 0. The van der Waals surface area contributed by atoms with E-state index in [-0.39, 0.29) is 28.8 Å². The van der Waals surface area contributed by atoms with Crippen molar-refractivity contribution in [3.8, 4) is 0 Å². The molecule has 1 aromatic rings. The van der Waals surface area contributed by atoms with Crippen LogP contribution in [0.5, 0.6) is 0 Å². The molecule has 2 aliphatic heterocycles. The van der Waals surface area contributed by atoms with Gasteiger partial charge in [-0.25, -0.2) is 4.79 Å². The molecule has 2 unspecified atom stereocenters. The van der Waals surface area contributed by atoms with Crippen LogP contribution in [0.4, 0.5) is 10.5 Å². The molecule has 0 aromatic heterocycles. The van der Waals surface area contributed by atoms with Crippen molar-refractivity contribution in [3.05, 3.63) is 45.5 Å². The number of hydrogen-bond donors (Lipinski definition) is 0. The van der Waals surface area contributed by atoms with Crippen molar-refractivity contribution in [3.63, 3.8) is 0 Å². The lowest BCUT2D eigenvalue weighted by Gasteiger charge is -2.45. The highest BCUT2D eigenvalue weighted by molar-refractivity contribution is 5.75. The quantitative estimate of drug-likeness (QED) is 0.560. The molecule has 1 saturated heterocycles. The van der Waals surface area contributed by atoms with Gasteiger partial charge >= 0.3 is 6.09 Å². The third-order valence-electron chi connectivity index (χ3n) is 5.02. The number of amides is 1. The summed E-state index contributed by atoms with van der Waals surface area (Å²) >= 11 is 0. The van der Waals surface area contributed by atoms with Gasteiger partial charge < -0.3 is 4.74 Å². The fraction of sp³-hybridized carbons (Fsp3) is 0.550. The molecule has 2 aliphatic rings. The lowest BCUT2D eigenvalue weighted by Crippen LogP contribution is -2.53. The number of piperidine rings is 1. The molecule has 1 amide bonds. The Labute approximate surface area is 154 Å². The highest BCUT2D eigenvalue weighted by atomic mass is 16.6. The first-order valence-electron chi connectivity index (χ1n) is 9.13. The summed E-state index contributed by atoms with van der Waals surface area (Å²) in [5.74, 6) is 0. The molecular formula is C20H26N2O4. The molecule has 2 bridgehead atoms. The van der Waals surface area contributed by atoms with E-state index >= 15 is 0 Å². The van der Waals surface area contributed by atoms with E-state index < -0.39 is 5.60 Å². The van der Waals surface area contributed by atoms with Crippen molar-refractivity contribution in [2.45, 2.75) is 71.1 Å². The summed E-state index contributed by atoms with van der Waals surface area (Å²) < 4.78 is 5.59. The van der Waals surface area contributed by atoms with Crippen LogP contribution in [0.25, 0.3) is 5.57 Å². The monoisotopic (exact) mass is 358 g/mol. The Morgan fingerprint density at radius 2 is 2.04 bits per heavy atom. The van der Waals surface area contributed by atoms with E-state index in [9.17, 15) is 14.9 Å². The van der Waals surface area contributed by atoms with Crippen LogP contribution in [-0.4, -0.2) is 33.6 Å². The zero-order valence-electron chi connectivity index (χ0n) is 15.8. The second kappa shape index (κ2) is 6.74. The average Bonchev–Trinajstić information content (AvgIpc) is 2.52. The van der Waals surface area contributed by atoms with Crippen LogP contribution in [-0.2, 0) is 4.74 Å². The van der Waals surface area contributed by atoms with E-state index in [0.29, 0.717) is 12.0 Å². The molecule has 2 heterocycles. The number of hydrogen-bond acceptors (Lipinski definition) is 4. The van der Waals surface area contributed by atoms with Crippen LogP contribution in [0.3, 0.4) is 0 Å². The molecule has 26 heavy (non-hydrogen) atoms. The van der Waals surface area contributed by atoms with Gasteiger partial charge in [0.15, 0.2) is 0 Å². The molecule has 3 rings (SSSR count). The SMILES string of the molecule is Cc1ccc(C2=CC3CCCC(C2)N3C(=O)OC(C)(C)C)cc1[N+](=O)[O-]. The maximum atomic E-state index is 12.6. The molecule has 6 nitrogen and oxygen atoms in total. The van der Waals surface area contributed by atoms with Crippen molar-refractivity contribution >= 4 is 17.4 Å². The van der Waals surface area contributed by atoms with E-state index in [0.717, 1.165) is 30.4 Å². The second-order valence-electron chi connectivity index (χ2n) is 8.19. The summed E-state index contributed by atoms with van der Waals surface area (Å²) in [6.45, 7) is 7.36. The average molecular weight is 358 g/mol. The Bertz CT molecular complexity index is 764. The number of nitro groups is 1. The molecule has 140 valence electrons. The number of rotatable bonds is 2. The van der Waals surface area contributed by atoms with Gasteiger partial charge in [-0.1, -0.05) is 18.2 Å². The van der Waals surface area contributed by atoms with Crippen molar-refractivity contribution in [2.75, 3.05) is 0 Å². The van der Waals surface area contributed by atoms with Gasteiger partial charge in [0, 0.05) is 17.7 Å². The first kappa shape index (κ1) is 18.4. The van der Waals surface area contributed by atoms with E-state index in [1.807, 2.05) is 31.7 Å². The van der Waals surface area contributed by atoms with E-state index in [1.54, 1.807) is 19.1 Å². The predicted octanol–water partition coefficient (Wildman–Crippen LogP) is 4.85. The van der Waals surface area contributed by atoms with E-state index in [2.05, 4.69) is 6.08 Å². The first-order valence-corrected chi connectivity index (χ1v) is 9.13. The molecule has 6 heteroatoms. The first-order chi connectivity index (χ1) is 12.2. The van der Waals surface area contributed by atoms with Crippen molar-refractivity contribution in [2.24, 2.45) is 0 Å². The number of carbonyl (C=O) groups excluding carboxylic acids is 1. The molecule has 2 atom stereocenters. The third kappa shape index (κ3) is 3.74. The lowest BCUT2D eigenvalue weighted by atomic mass is 9.83. The van der Waals surface area contributed by atoms with Crippen LogP contribution < -0.4 is 0 Å². The van der Waals surface area contributed by atoms with Gasteiger partial charge in [-0.15, -0.1) is 0 Å². The Morgan fingerprint density at radius 3 is 2.65 bits per heavy atom. The molecule has 0 spiro atoms. The van der Waals surface area contributed by atoms with Crippen LogP contribution >= 0.6 is 0 Å². The van der Waals surface area contributed by atoms with Gasteiger partial charge in [0.05, 0.1) is 11.0 Å². The van der Waals surface area contributed by atoms with Crippen LogP contribution in [0, 0.1) is 17.0 Å². The predicted molar refractivity (Wildman–Crippen MR) is 99.9 cm³/mol. The number of carbonyl (C=O) groups is 1. The minimum absolute atomic E-state index is 0.00675. The normalized spacial score (nSPS) is 22.6. The lowest BCUT2D eigenvalue weighted by molar-refractivity contribution is -0.385.